The summed E-state index contributed by atoms with van der Waals surface area (Å²) in [4.78, 5) is 24.3. The summed E-state index contributed by atoms with van der Waals surface area (Å²) in [6.45, 7) is 6.19. The molecule has 1 aromatic carbocycles. The number of allylic oxidation sites excluding steroid dienone is 2. The molecule has 0 saturated carbocycles. The Bertz CT molecular complexity index is 1000. The fourth-order valence-electron chi connectivity index (χ4n) is 2.96. The van der Waals surface area contributed by atoms with Crippen LogP contribution in [0.3, 0.4) is 0 Å². The van der Waals surface area contributed by atoms with Crippen molar-refractivity contribution in [3.05, 3.63) is 58.7 Å². The minimum Gasteiger partial charge on any atom is -0.493 e. The van der Waals surface area contributed by atoms with Crippen LogP contribution in [-0.2, 0) is 23.8 Å². The van der Waals surface area contributed by atoms with Gasteiger partial charge in [0.1, 0.15) is 24.5 Å². The van der Waals surface area contributed by atoms with Crippen LogP contribution < -0.4 is 15.2 Å². The van der Waals surface area contributed by atoms with Gasteiger partial charge in [0.2, 0.25) is 5.88 Å². The molecule has 164 valence electrons. The molecule has 1 atom stereocenters. The van der Waals surface area contributed by atoms with Crippen molar-refractivity contribution in [2.75, 3.05) is 27.4 Å². The average Bonchev–Trinajstić information content (AvgIpc) is 2.75. The average molecular weight is 428 g/mol. The highest BCUT2D eigenvalue weighted by Crippen LogP contribution is 2.42. The van der Waals surface area contributed by atoms with Crippen molar-refractivity contribution in [3.63, 3.8) is 0 Å². The number of carbonyl (C=O) groups is 2. The van der Waals surface area contributed by atoms with E-state index < -0.39 is 17.9 Å². The van der Waals surface area contributed by atoms with Crippen LogP contribution in [0.4, 0.5) is 0 Å². The molecule has 1 heterocycles. The largest absolute Gasteiger partial charge is 0.493 e. The number of nitrogens with two attached hydrogens (primary N) is 1. The normalized spacial score (nSPS) is 15.5. The summed E-state index contributed by atoms with van der Waals surface area (Å²) in [5, 5.41) is 9.71. The van der Waals surface area contributed by atoms with E-state index >= 15 is 0 Å². The number of carbonyl (C=O) groups excluding carboxylic acids is 2. The van der Waals surface area contributed by atoms with Crippen molar-refractivity contribution < 1.29 is 33.3 Å². The molecule has 1 aliphatic heterocycles. The predicted molar refractivity (Wildman–Crippen MR) is 110 cm³/mol. The second kappa shape index (κ2) is 10.2. The molecule has 1 unspecified atom stereocenters. The molecule has 1 aliphatic rings. The molecule has 0 amide bonds. The zero-order valence-corrected chi connectivity index (χ0v) is 17.8. The van der Waals surface area contributed by atoms with Crippen molar-refractivity contribution in [1.82, 2.24) is 0 Å². The van der Waals surface area contributed by atoms with Gasteiger partial charge in [-0.25, -0.2) is 9.59 Å². The van der Waals surface area contributed by atoms with Crippen molar-refractivity contribution in [2.45, 2.75) is 19.8 Å². The first kappa shape index (κ1) is 23.3. The van der Waals surface area contributed by atoms with Gasteiger partial charge in [0.05, 0.1) is 31.8 Å². The Balaban J connectivity index is 2.34. The molecule has 0 fully saturated rings. The van der Waals surface area contributed by atoms with Crippen LogP contribution in [0, 0.1) is 11.3 Å². The number of ether oxygens (including phenoxy) is 5. The van der Waals surface area contributed by atoms with Crippen LogP contribution in [-0.4, -0.2) is 39.4 Å². The lowest BCUT2D eigenvalue weighted by atomic mass is 9.83. The molecule has 2 rings (SSSR count). The Morgan fingerprint density at radius 1 is 1.19 bits per heavy atom. The third kappa shape index (κ3) is 5.17. The lowest BCUT2D eigenvalue weighted by Gasteiger charge is -2.27. The molecular formula is C22H24N2O7. The van der Waals surface area contributed by atoms with Crippen LogP contribution in [0.2, 0.25) is 0 Å². The van der Waals surface area contributed by atoms with E-state index in [1.807, 2.05) is 0 Å². The summed E-state index contributed by atoms with van der Waals surface area (Å²) < 4.78 is 26.1. The van der Waals surface area contributed by atoms with Crippen molar-refractivity contribution in [2.24, 2.45) is 5.73 Å². The molecular weight excluding hydrogens is 404 g/mol. The predicted octanol–water partition coefficient (Wildman–Crippen LogP) is 2.45. The number of esters is 2. The molecule has 2 N–H and O–H groups in total. The monoisotopic (exact) mass is 428 g/mol. The van der Waals surface area contributed by atoms with Gasteiger partial charge in [0.15, 0.2) is 11.5 Å². The number of benzene rings is 1. The minimum absolute atomic E-state index is 0.0411. The quantitative estimate of drug-likeness (QED) is 0.377. The highest BCUT2D eigenvalue weighted by atomic mass is 16.6. The number of nitrogens with zero attached hydrogens (tertiary/aromatic N) is 1. The van der Waals surface area contributed by atoms with Gasteiger partial charge in [-0.1, -0.05) is 12.6 Å². The van der Waals surface area contributed by atoms with Gasteiger partial charge in [0, 0.05) is 5.57 Å². The number of methoxy groups -OCH3 is 2. The highest BCUT2D eigenvalue weighted by molar-refractivity contribution is 5.92. The van der Waals surface area contributed by atoms with E-state index in [9.17, 15) is 14.9 Å². The van der Waals surface area contributed by atoms with Crippen LogP contribution in [0.15, 0.2) is 53.1 Å². The summed E-state index contributed by atoms with van der Waals surface area (Å²) in [5.41, 5.74) is 6.93. The molecule has 1 aromatic rings. The fraction of sp³-hybridized carbons (Fsp3) is 0.318. The van der Waals surface area contributed by atoms with Gasteiger partial charge in [0.25, 0.3) is 0 Å². The standard InChI is InChI=1S/C22H24N2O7/c1-12(2)21(25)29-8-9-30-22(26)19-18(15(11-23)13(3)31-20(19)24)14-6-7-16(27-4)17(10-14)28-5/h6-7,10,18H,1,8-9,24H2,2-5H3. The van der Waals surface area contributed by atoms with Crippen molar-refractivity contribution in [3.8, 4) is 17.6 Å². The first-order valence-corrected chi connectivity index (χ1v) is 9.25. The maximum atomic E-state index is 12.8. The van der Waals surface area contributed by atoms with Crippen LogP contribution in [0.25, 0.3) is 0 Å². The third-order valence-corrected chi connectivity index (χ3v) is 4.46. The zero-order valence-electron chi connectivity index (χ0n) is 17.8. The second-order valence-corrected chi connectivity index (χ2v) is 6.56. The van der Waals surface area contributed by atoms with Crippen LogP contribution in [0.5, 0.6) is 11.5 Å². The summed E-state index contributed by atoms with van der Waals surface area (Å²) in [6, 6.07) is 7.07. The van der Waals surface area contributed by atoms with Gasteiger partial charge in [-0.2, -0.15) is 5.26 Å². The topological polar surface area (TPSA) is 130 Å². The van der Waals surface area contributed by atoms with Gasteiger partial charge >= 0.3 is 11.9 Å². The summed E-state index contributed by atoms with van der Waals surface area (Å²) in [6.07, 6.45) is 0. The Morgan fingerprint density at radius 3 is 2.42 bits per heavy atom. The van der Waals surface area contributed by atoms with Gasteiger partial charge in [-0.3, -0.25) is 0 Å². The van der Waals surface area contributed by atoms with Crippen LogP contribution in [0.1, 0.15) is 25.3 Å². The van der Waals surface area contributed by atoms with Crippen molar-refractivity contribution >= 4 is 11.9 Å². The van der Waals surface area contributed by atoms with E-state index in [0.717, 1.165) is 0 Å². The van der Waals surface area contributed by atoms with Gasteiger partial charge in [-0.05, 0) is 31.5 Å². The molecule has 31 heavy (non-hydrogen) atoms. The molecule has 0 bridgehead atoms. The van der Waals surface area contributed by atoms with E-state index in [-0.39, 0.29) is 41.6 Å². The second-order valence-electron chi connectivity index (χ2n) is 6.56. The molecule has 0 saturated heterocycles. The van der Waals surface area contributed by atoms with E-state index in [2.05, 4.69) is 12.6 Å². The Kier molecular flexibility index (Phi) is 7.69. The molecule has 0 aromatic heterocycles. The maximum Gasteiger partial charge on any atom is 0.340 e. The lowest BCUT2D eigenvalue weighted by molar-refractivity contribution is -0.147. The number of nitriles is 1. The van der Waals surface area contributed by atoms with E-state index in [0.29, 0.717) is 17.1 Å². The van der Waals surface area contributed by atoms with Crippen LogP contribution >= 0.6 is 0 Å². The third-order valence-electron chi connectivity index (χ3n) is 4.46. The summed E-state index contributed by atoms with van der Waals surface area (Å²) >= 11 is 0. The number of rotatable bonds is 8. The smallest absolute Gasteiger partial charge is 0.340 e. The summed E-state index contributed by atoms with van der Waals surface area (Å²) in [7, 11) is 2.97. The fourth-order valence-corrected chi connectivity index (χ4v) is 2.96. The van der Waals surface area contributed by atoms with Gasteiger partial charge in [-0.15, -0.1) is 0 Å². The minimum atomic E-state index is -0.843. The van der Waals surface area contributed by atoms with E-state index in [1.165, 1.54) is 21.1 Å². The Morgan fingerprint density at radius 2 is 1.84 bits per heavy atom. The molecule has 9 nitrogen and oxygen atoms in total. The summed E-state index contributed by atoms with van der Waals surface area (Å²) in [5.74, 6) is -1.25. The van der Waals surface area contributed by atoms with E-state index in [4.69, 9.17) is 29.4 Å². The number of hydrogen-bond donors (Lipinski definition) is 1. The molecule has 9 heteroatoms. The van der Waals surface area contributed by atoms with Crippen molar-refractivity contribution in [1.29, 1.82) is 5.26 Å². The number of hydrogen-bond acceptors (Lipinski definition) is 9. The van der Waals surface area contributed by atoms with Gasteiger partial charge < -0.3 is 29.4 Å². The Hall–Kier alpha value is -3.93. The molecule has 0 spiro atoms. The molecule has 0 aliphatic carbocycles. The van der Waals surface area contributed by atoms with E-state index in [1.54, 1.807) is 25.1 Å². The SMILES string of the molecule is C=C(C)C(=O)OCCOC(=O)C1=C(N)OC(C)=C(C#N)C1c1ccc(OC)c(OC)c1. The highest BCUT2D eigenvalue weighted by Gasteiger charge is 2.37. The maximum absolute atomic E-state index is 12.8. The first-order chi connectivity index (χ1) is 14.7. The molecule has 0 radical (unpaired) electrons. The first-order valence-electron chi connectivity index (χ1n) is 9.25. The zero-order chi connectivity index (χ0) is 23.1. The lowest BCUT2D eigenvalue weighted by Crippen LogP contribution is -2.27. The Labute approximate surface area is 180 Å².